The number of H-pyrrole nitrogens is 1. The Morgan fingerprint density at radius 3 is 2.72 bits per heavy atom. The maximum absolute atomic E-state index is 13.7. The van der Waals surface area contributed by atoms with Crippen LogP contribution in [0, 0.1) is 5.82 Å². The molecule has 0 aliphatic rings. The van der Waals surface area contributed by atoms with Gasteiger partial charge >= 0.3 is 0 Å². The van der Waals surface area contributed by atoms with Gasteiger partial charge in [-0.05, 0) is 35.4 Å². The predicted octanol–water partition coefficient (Wildman–Crippen LogP) is 4.55. The fraction of sp³-hybridized carbons (Fsp3) is 0.0667. The van der Waals surface area contributed by atoms with Crippen molar-refractivity contribution in [2.24, 2.45) is 0 Å². The number of halogens is 2. The lowest BCUT2D eigenvalue weighted by atomic mass is 10.0. The number of fused-ring (bicyclic) bond motifs is 1. The molecule has 0 unspecified atom stereocenters. The molecule has 1 N–H and O–H groups in total. The molecule has 0 aliphatic carbocycles. The highest BCUT2D eigenvalue weighted by molar-refractivity contribution is 6.31. The van der Waals surface area contributed by atoms with Crippen molar-refractivity contribution in [1.29, 1.82) is 0 Å². The maximum atomic E-state index is 13.7. The van der Waals surface area contributed by atoms with Gasteiger partial charge in [0.15, 0.2) is 0 Å². The van der Waals surface area contributed by atoms with Crippen molar-refractivity contribution in [3.63, 3.8) is 0 Å². The molecule has 90 valence electrons. The lowest BCUT2D eigenvalue weighted by Crippen LogP contribution is -1.93. The van der Waals surface area contributed by atoms with Crippen LogP contribution in [0.4, 0.5) is 4.39 Å². The number of benzene rings is 2. The first kappa shape index (κ1) is 11.3. The molecule has 3 rings (SSSR count). The Balaban J connectivity index is 2.10. The lowest BCUT2D eigenvalue weighted by molar-refractivity contribution is 0.614. The van der Waals surface area contributed by atoms with E-state index in [9.17, 15) is 4.39 Å². The lowest BCUT2D eigenvalue weighted by Gasteiger charge is -2.06. The first-order valence-corrected chi connectivity index (χ1v) is 6.11. The first-order valence-electron chi connectivity index (χ1n) is 5.73. The highest BCUT2D eigenvalue weighted by atomic mass is 35.5. The minimum absolute atomic E-state index is 0.179. The van der Waals surface area contributed by atoms with E-state index in [-0.39, 0.29) is 5.82 Å². The van der Waals surface area contributed by atoms with Crippen LogP contribution in [0.1, 0.15) is 11.1 Å². The molecule has 0 radical (unpaired) electrons. The standard InChI is InChI=1S/C15H11ClFN/c16-12-8-11(13-5-6-18-15(13)9-12)7-10-3-1-2-4-14(10)17/h1-6,8-9,18H,7H2. The number of aromatic amines is 1. The third-order valence-corrected chi connectivity index (χ3v) is 3.28. The minimum Gasteiger partial charge on any atom is -0.361 e. The van der Waals surface area contributed by atoms with Gasteiger partial charge in [-0.3, -0.25) is 0 Å². The van der Waals surface area contributed by atoms with E-state index in [1.807, 2.05) is 30.5 Å². The molecule has 1 aromatic heterocycles. The van der Waals surface area contributed by atoms with E-state index in [1.54, 1.807) is 12.1 Å². The second-order valence-corrected chi connectivity index (χ2v) is 4.71. The summed E-state index contributed by atoms with van der Waals surface area (Å²) >= 11 is 6.07. The summed E-state index contributed by atoms with van der Waals surface area (Å²) in [7, 11) is 0. The zero-order valence-electron chi connectivity index (χ0n) is 9.58. The number of aromatic nitrogens is 1. The van der Waals surface area contributed by atoms with Crippen molar-refractivity contribution in [2.75, 3.05) is 0 Å². The van der Waals surface area contributed by atoms with Gasteiger partial charge in [-0.2, -0.15) is 0 Å². The van der Waals surface area contributed by atoms with Gasteiger partial charge in [-0.1, -0.05) is 29.8 Å². The molecule has 0 spiro atoms. The van der Waals surface area contributed by atoms with Crippen LogP contribution in [0.5, 0.6) is 0 Å². The van der Waals surface area contributed by atoms with E-state index < -0.39 is 0 Å². The number of hydrogen-bond acceptors (Lipinski definition) is 0. The van der Waals surface area contributed by atoms with Crippen molar-refractivity contribution >= 4 is 22.5 Å². The average molecular weight is 260 g/mol. The SMILES string of the molecule is Fc1ccccc1Cc1cc(Cl)cc2[nH]ccc12. The van der Waals surface area contributed by atoms with Crippen molar-refractivity contribution in [1.82, 2.24) is 4.98 Å². The maximum Gasteiger partial charge on any atom is 0.126 e. The zero-order valence-corrected chi connectivity index (χ0v) is 10.3. The van der Waals surface area contributed by atoms with E-state index in [1.165, 1.54) is 6.07 Å². The quantitative estimate of drug-likeness (QED) is 0.695. The molecule has 0 aliphatic heterocycles. The molecule has 1 nitrogen and oxygen atoms in total. The van der Waals surface area contributed by atoms with Crippen molar-refractivity contribution in [3.8, 4) is 0 Å². The van der Waals surface area contributed by atoms with Gasteiger partial charge in [0.25, 0.3) is 0 Å². The van der Waals surface area contributed by atoms with Crippen LogP contribution in [0.15, 0.2) is 48.7 Å². The molecule has 0 atom stereocenters. The summed E-state index contributed by atoms with van der Waals surface area (Å²) < 4.78 is 13.7. The van der Waals surface area contributed by atoms with Gasteiger partial charge in [-0.15, -0.1) is 0 Å². The third-order valence-electron chi connectivity index (χ3n) is 3.06. The first-order chi connectivity index (χ1) is 8.74. The van der Waals surface area contributed by atoms with E-state index in [0.717, 1.165) is 16.5 Å². The van der Waals surface area contributed by atoms with E-state index in [0.29, 0.717) is 17.0 Å². The third kappa shape index (κ3) is 2.00. The Labute approximate surface area is 109 Å². The van der Waals surface area contributed by atoms with Gasteiger partial charge < -0.3 is 4.98 Å². The second kappa shape index (κ2) is 4.46. The molecule has 3 aromatic rings. The summed E-state index contributed by atoms with van der Waals surface area (Å²) in [5.41, 5.74) is 2.69. The second-order valence-electron chi connectivity index (χ2n) is 4.27. The molecular weight excluding hydrogens is 249 g/mol. The molecule has 0 saturated heterocycles. The summed E-state index contributed by atoms with van der Waals surface area (Å²) in [4.78, 5) is 3.12. The van der Waals surface area contributed by atoms with Crippen LogP contribution >= 0.6 is 11.6 Å². The Morgan fingerprint density at radius 1 is 1.06 bits per heavy atom. The van der Waals surface area contributed by atoms with E-state index in [4.69, 9.17) is 11.6 Å². The summed E-state index contributed by atoms with van der Waals surface area (Å²) in [5, 5.41) is 1.75. The van der Waals surface area contributed by atoms with Gasteiger partial charge in [0.05, 0.1) is 0 Å². The van der Waals surface area contributed by atoms with Crippen LogP contribution in [0.2, 0.25) is 5.02 Å². The average Bonchev–Trinajstić information content (AvgIpc) is 2.80. The monoisotopic (exact) mass is 259 g/mol. The molecule has 18 heavy (non-hydrogen) atoms. The number of hydrogen-bond donors (Lipinski definition) is 1. The number of rotatable bonds is 2. The van der Waals surface area contributed by atoms with Crippen molar-refractivity contribution in [3.05, 3.63) is 70.6 Å². The van der Waals surface area contributed by atoms with Crippen LogP contribution < -0.4 is 0 Å². The Kier molecular flexibility index (Phi) is 2.80. The molecule has 0 amide bonds. The van der Waals surface area contributed by atoms with Gasteiger partial charge in [-0.25, -0.2) is 4.39 Å². The molecule has 0 saturated carbocycles. The molecular formula is C15H11ClFN. The Morgan fingerprint density at radius 2 is 1.89 bits per heavy atom. The van der Waals surface area contributed by atoms with Gasteiger partial charge in [0, 0.05) is 28.5 Å². The fourth-order valence-corrected chi connectivity index (χ4v) is 2.44. The van der Waals surface area contributed by atoms with Gasteiger partial charge in [0.2, 0.25) is 0 Å². The minimum atomic E-state index is -0.179. The summed E-state index contributed by atoms with van der Waals surface area (Å²) in [6.45, 7) is 0. The van der Waals surface area contributed by atoms with Crippen LogP contribution in [-0.2, 0) is 6.42 Å². The summed E-state index contributed by atoms with van der Waals surface area (Å²) in [6, 6.07) is 12.6. The molecule has 3 heteroatoms. The highest BCUT2D eigenvalue weighted by Gasteiger charge is 2.08. The molecule has 1 heterocycles. The predicted molar refractivity (Wildman–Crippen MR) is 72.5 cm³/mol. The van der Waals surface area contributed by atoms with E-state index >= 15 is 0 Å². The summed E-state index contributed by atoms with van der Waals surface area (Å²) in [5.74, 6) is -0.179. The fourth-order valence-electron chi connectivity index (χ4n) is 2.20. The molecule has 2 aromatic carbocycles. The van der Waals surface area contributed by atoms with Crippen molar-refractivity contribution < 1.29 is 4.39 Å². The van der Waals surface area contributed by atoms with Crippen LogP contribution in [-0.4, -0.2) is 4.98 Å². The smallest absolute Gasteiger partial charge is 0.126 e. The number of nitrogens with one attached hydrogen (secondary N) is 1. The molecule has 0 fully saturated rings. The summed E-state index contributed by atoms with van der Waals surface area (Å²) in [6.07, 6.45) is 2.41. The highest BCUT2D eigenvalue weighted by Crippen LogP contribution is 2.25. The van der Waals surface area contributed by atoms with Crippen molar-refractivity contribution in [2.45, 2.75) is 6.42 Å². The van der Waals surface area contributed by atoms with E-state index in [2.05, 4.69) is 4.98 Å². The largest absolute Gasteiger partial charge is 0.361 e. The Bertz CT molecular complexity index is 703. The van der Waals surface area contributed by atoms with Crippen LogP contribution in [0.3, 0.4) is 0 Å². The Hall–Kier alpha value is -1.80. The van der Waals surface area contributed by atoms with Crippen LogP contribution in [0.25, 0.3) is 10.9 Å². The van der Waals surface area contributed by atoms with Gasteiger partial charge in [0.1, 0.15) is 5.82 Å². The normalized spacial score (nSPS) is 11.0. The molecule has 0 bridgehead atoms. The topological polar surface area (TPSA) is 15.8 Å². The zero-order chi connectivity index (χ0) is 12.5.